The highest BCUT2D eigenvalue weighted by atomic mass is 15.3. The molecular formula is C12H21N3. The van der Waals surface area contributed by atoms with Crippen LogP contribution in [0.5, 0.6) is 0 Å². The third-order valence-corrected chi connectivity index (χ3v) is 4.02. The molecule has 0 atom stereocenters. The lowest BCUT2D eigenvalue weighted by Crippen LogP contribution is -2.40. The van der Waals surface area contributed by atoms with Crippen molar-refractivity contribution in [2.24, 2.45) is 5.73 Å². The number of hydrogen-bond acceptors (Lipinski definition) is 2. The molecule has 84 valence electrons. The highest BCUT2D eigenvalue weighted by molar-refractivity contribution is 5.24. The van der Waals surface area contributed by atoms with Gasteiger partial charge in [-0.2, -0.15) is 5.10 Å². The molecule has 3 nitrogen and oxygen atoms in total. The lowest BCUT2D eigenvalue weighted by Gasteiger charge is -2.29. The summed E-state index contributed by atoms with van der Waals surface area (Å²) in [4.78, 5) is 0. The molecule has 1 aromatic heterocycles. The molecule has 2 rings (SSSR count). The van der Waals surface area contributed by atoms with Crippen LogP contribution in [0.4, 0.5) is 0 Å². The summed E-state index contributed by atoms with van der Waals surface area (Å²) in [7, 11) is 0. The Kier molecular flexibility index (Phi) is 2.59. The zero-order chi connectivity index (χ0) is 11.1. The molecule has 0 bridgehead atoms. The first kappa shape index (κ1) is 10.7. The zero-order valence-corrected chi connectivity index (χ0v) is 10.0. The van der Waals surface area contributed by atoms with Crippen molar-refractivity contribution >= 4 is 0 Å². The molecular weight excluding hydrogens is 186 g/mol. The number of nitrogens with zero attached hydrogens (tertiary/aromatic N) is 2. The molecule has 0 amide bonds. The smallest absolute Gasteiger partial charge is 0.0752 e. The molecule has 1 heterocycles. The molecule has 1 aliphatic rings. The van der Waals surface area contributed by atoms with Gasteiger partial charge in [-0.3, -0.25) is 4.68 Å². The molecule has 0 aliphatic heterocycles. The van der Waals surface area contributed by atoms with Crippen molar-refractivity contribution in [2.45, 2.75) is 52.0 Å². The van der Waals surface area contributed by atoms with E-state index in [1.807, 2.05) is 0 Å². The fourth-order valence-corrected chi connectivity index (χ4v) is 2.72. The highest BCUT2D eigenvalue weighted by Gasteiger charge is 2.36. The molecule has 0 aromatic carbocycles. The maximum Gasteiger partial charge on any atom is 0.0752 e. The number of aromatic nitrogens is 2. The number of hydrogen-bond donors (Lipinski definition) is 1. The molecule has 0 unspecified atom stereocenters. The largest absolute Gasteiger partial charge is 0.328 e. The minimum atomic E-state index is 0.114. The molecule has 0 radical (unpaired) electrons. The Hall–Kier alpha value is -0.830. The number of rotatable bonds is 2. The van der Waals surface area contributed by atoms with E-state index in [0.717, 1.165) is 5.69 Å². The third-order valence-electron chi connectivity index (χ3n) is 4.02. The summed E-state index contributed by atoms with van der Waals surface area (Å²) < 4.78 is 2.20. The Morgan fingerprint density at radius 2 is 1.87 bits per heavy atom. The molecule has 2 N–H and O–H groups in total. The van der Waals surface area contributed by atoms with Crippen molar-refractivity contribution in [2.75, 3.05) is 6.54 Å². The van der Waals surface area contributed by atoms with Gasteiger partial charge >= 0.3 is 0 Å². The van der Waals surface area contributed by atoms with Gasteiger partial charge in [-0.15, -0.1) is 0 Å². The standard InChI is InChI=1S/C12H21N3/c1-9-10(2)14-15(11(9)3)12(8-13)6-4-5-7-12/h4-8,13H2,1-3H3. The van der Waals surface area contributed by atoms with Crippen LogP contribution in [0.2, 0.25) is 0 Å². The van der Waals surface area contributed by atoms with Crippen LogP contribution in [0.1, 0.15) is 42.6 Å². The van der Waals surface area contributed by atoms with E-state index in [4.69, 9.17) is 5.73 Å². The van der Waals surface area contributed by atoms with Crippen molar-refractivity contribution < 1.29 is 0 Å². The average Bonchev–Trinajstić information content (AvgIpc) is 2.80. The Morgan fingerprint density at radius 3 is 2.27 bits per heavy atom. The van der Waals surface area contributed by atoms with Crippen molar-refractivity contribution in [1.29, 1.82) is 0 Å². The van der Waals surface area contributed by atoms with Gasteiger partial charge in [0.15, 0.2) is 0 Å². The molecule has 0 saturated heterocycles. The minimum Gasteiger partial charge on any atom is -0.328 e. The van der Waals surface area contributed by atoms with Crippen molar-refractivity contribution in [3.8, 4) is 0 Å². The first-order chi connectivity index (χ1) is 7.10. The fourth-order valence-electron chi connectivity index (χ4n) is 2.72. The number of aryl methyl sites for hydroxylation is 1. The van der Waals surface area contributed by atoms with E-state index in [2.05, 4.69) is 30.6 Å². The van der Waals surface area contributed by atoms with Gasteiger partial charge in [0.25, 0.3) is 0 Å². The van der Waals surface area contributed by atoms with E-state index in [0.29, 0.717) is 6.54 Å². The van der Waals surface area contributed by atoms with Gasteiger partial charge in [0, 0.05) is 12.2 Å². The lowest BCUT2D eigenvalue weighted by atomic mass is 9.97. The summed E-state index contributed by atoms with van der Waals surface area (Å²) in [5.41, 5.74) is 9.83. The van der Waals surface area contributed by atoms with Crippen molar-refractivity contribution in [3.05, 3.63) is 17.0 Å². The second-order valence-corrected chi connectivity index (χ2v) is 4.84. The van der Waals surface area contributed by atoms with Gasteiger partial charge in [0.05, 0.1) is 11.2 Å². The van der Waals surface area contributed by atoms with Crippen molar-refractivity contribution in [3.63, 3.8) is 0 Å². The van der Waals surface area contributed by atoms with Crippen LogP contribution in [0.25, 0.3) is 0 Å². The predicted octanol–water partition coefficient (Wildman–Crippen LogP) is 2.04. The molecule has 0 spiro atoms. The Morgan fingerprint density at radius 1 is 1.27 bits per heavy atom. The molecule has 1 fully saturated rings. The average molecular weight is 207 g/mol. The predicted molar refractivity (Wildman–Crippen MR) is 61.9 cm³/mol. The second-order valence-electron chi connectivity index (χ2n) is 4.84. The van der Waals surface area contributed by atoms with E-state index < -0.39 is 0 Å². The van der Waals surface area contributed by atoms with Crippen LogP contribution in [0.3, 0.4) is 0 Å². The monoisotopic (exact) mass is 207 g/mol. The Labute approximate surface area is 91.7 Å². The van der Waals surface area contributed by atoms with Crippen LogP contribution in [-0.2, 0) is 5.54 Å². The van der Waals surface area contributed by atoms with E-state index in [-0.39, 0.29) is 5.54 Å². The van der Waals surface area contributed by atoms with Crippen LogP contribution < -0.4 is 5.73 Å². The maximum atomic E-state index is 5.97. The van der Waals surface area contributed by atoms with Crippen LogP contribution >= 0.6 is 0 Å². The van der Waals surface area contributed by atoms with Gasteiger partial charge in [0.1, 0.15) is 0 Å². The summed E-state index contributed by atoms with van der Waals surface area (Å²) in [6, 6.07) is 0. The Balaban J connectivity index is 2.47. The normalized spacial score (nSPS) is 19.7. The topological polar surface area (TPSA) is 43.8 Å². The van der Waals surface area contributed by atoms with Gasteiger partial charge in [-0.1, -0.05) is 12.8 Å². The summed E-state index contributed by atoms with van der Waals surface area (Å²) in [5.74, 6) is 0. The van der Waals surface area contributed by atoms with E-state index in [9.17, 15) is 0 Å². The molecule has 3 heteroatoms. The Bertz CT molecular complexity index is 359. The lowest BCUT2D eigenvalue weighted by molar-refractivity contribution is 0.267. The van der Waals surface area contributed by atoms with Crippen LogP contribution in [-0.4, -0.2) is 16.3 Å². The minimum absolute atomic E-state index is 0.114. The van der Waals surface area contributed by atoms with Crippen molar-refractivity contribution in [1.82, 2.24) is 9.78 Å². The first-order valence-electron chi connectivity index (χ1n) is 5.84. The second kappa shape index (κ2) is 3.63. The summed E-state index contributed by atoms with van der Waals surface area (Å²) in [6.07, 6.45) is 4.94. The van der Waals surface area contributed by atoms with E-state index in [1.165, 1.54) is 36.9 Å². The van der Waals surface area contributed by atoms with E-state index >= 15 is 0 Å². The van der Waals surface area contributed by atoms with Crippen LogP contribution in [0, 0.1) is 20.8 Å². The molecule has 1 saturated carbocycles. The van der Waals surface area contributed by atoms with Gasteiger partial charge < -0.3 is 5.73 Å². The number of nitrogens with two attached hydrogens (primary N) is 1. The summed E-state index contributed by atoms with van der Waals surface area (Å²) in [6.45, 7) is 7.10. The molecule has 1 aromatic rings. The fraction of sp³-hybridized carbons (Fsp3) is 0.750. The SMILES string of the molecule is Cc1nn(C2(CN)CCCC2)c(C)c1C. The maximum absolute atomic E-state index is 5.97. The summed E-state index contributed by atoms with van der Waals surface area (Å²) in [5, 5.41) is 4.67. The van der Waals surface area contributed by atoms with Gasteiger partial charge in [-0.05, 0) is 39.2 Å². The van der Waals surface area contributed by atoms with Gasteiger partial charge in [-0.25, -0.2) is 0 Å². The third kappa shape index (κ3) is 1.49. The molecule has 15 heavy (non-hydrogen) atoms. The van der Waals surface area contributed by atoms with E-state index in [1.54, 1.807) is 0 Å². The highest BCUT2D eigenvalue weighted by Crippen LogP contribution is 2.36. The summed E-state index contributed by atoms with van der Waals surface area (Å²) >= 11 is 0. The van der Waals surface area contributed by atoms with Gasteiger partial charge in [0.2, 0.25) is 0 Å². The molecule has 1 aliphatic carbocycles. The van der Waals surface area contributed by atoms with Crippen LogP contribution in [0.15, 0.2) is 0 Å². The quantitative estimate of drug-likeness (QED) is 0.806. The zero-order valence-electron chi connectivity index (χ0n) is 10.0. The first-order valence-corrected chi connectivity index (χ1v) is 5.84.